The first-order valence-electron chi connectivity index (χ1n) is 8.40. The molecule has 0 aliphatic carbocycles. The summed E-state index contributed by atoms with van der Waals surface area (Å²) in [5.41, 5.74) is 9.87. The maximum absolute atomic E-state index is 12.1. The van der Waals surface area contributed by atoms with Gasteiger partial charge in [-0.2, -0.15) is 4.98 Å². The van der Waals surface area contributed by atoms with Crippen molar-refractivity contribution in [2.45, 2.75) is 19.9 Å². The van der Waals surface area contributed by atoms with Gasteiger partial charge in [-0.25, -0.2) is 4.68 Å². The maximum atomic E-state index is 12.1. The molecular formula is C20H19N5O. The minimum Gasteiger partial charge on any atom is -0.366 e. The highest BCUT2D eigenvalue weighted by Crippen LogP contribution is 2.35. The summed E-state index contributed by atoms with van der Waals surface area (Å²) in [6, 6.07) is 17.3. The lowest BCUT2D eigenvalue weighted by atomic mass is 9.95. The molecule has 1 aliphatic heterocycles. The van der Waals surface area contributed by atoms with Crippen LogP contribution in [0.4, 0.5) is 5.95 Å². The average Bonchev–Trinajstić information content (AvgIpc) is 3.04. The van der Waals surface area contributed by atoms with Gasteiger partial charge in [-0.05, 0) is 25.5 Å². The van der Waals surface area contributed by atoms with Gasteiger partial charge >= 0.3 is 0 Å². The van der Waals surface area contributed by atoms with E-state index < -0.39 is 11.9 Å². The van der Waals surface area contributed by atoms with E-state index in [2.05, 4.69) is 15.4 Å². The number of carbonyl (C=O) groups excluding carboxylic acids is 1. The van der Waals surface area contributed by atoms with Gasteiger partial charge in [0.25, 0.3) is 0 Å². The fraction of sp³-hybridized carbons (Fsp3) is 0.150. The Morgan fingerprint density at radius 1 is 1.12 bits per heavy atom. The van der Waals surface area contributed by atoms with E-state index in [1.165, 1.54) is 0 Å². The van der Waals surface area contributed by atoms with E-state index in [1.807, 2.05) is 68.4 Å². The lowest BCUT2D eigenvalue weighted by molar-refractivity contribution is -0.115. The van der Waals surface area contributed by atoms with Crippen molar-refractivity contribution < 1.29 is 4.79 Å². The normalized spacial score (nSPS) is 16.2. The maximum Gasteiger partial charge on any atom is 0.248 e. The number of hydrogen-bond acceptors (Lipinski definition) is 4. The van der Waals surface area contributed by atoms with Crippen LogP contribution in [0.25, 0.3) is 11.4 Å². The second kappa shape index (κ2) is 6.15. The van der Waals surface area contributed by atoms with Crippen LogP contribution < -0.4 is 11.1 Å². The fourth-order valence-corrected chi connectivity index (χ4v) is 3.32. The van der Waals surface area contributed by atoms with E-state index in [9.17, 15) is 4.79 Å². The van der Waals surface area contributed by atoms with E-state index in [0.717, 1.165) is 16.7 Å². The lowest BCUT2D eigenvalue weighted by Gasteiger charge is -2.27. The van der Waals surface area contributed by atoms with E-state index in [1.54, 1.807) is 4.68 Å². The number of carbonyl (C=O) groups is 1. The molecule has 0 saturated carbocycles. The van der Waals surface area contributed by atoms with E-state index in [0.29, 0.717) is 23.0 Å². The highest BCUT2D eigenvalue weighted by Gasteiger charge is 2.33. The summed E-state index contributed by atoms with van der Waals surface area (Å²) in [6.07, 6.45) is 0. The number of rotatable bonds is 3. The Balaban J connectivity index is 1.89. The minimum atomic E-state index is -0.470. The number of aryl methyl sites for hydroxylation is 1. The number of allylic oxidation sites excluding steroid dienone is 1. The molecule has 2 heterocycles. The van der Waals surface area contributed by atoms with Crippen molar-refractivity contribution in [1.82, 2.24) is 14.8 Å². The molecule has 130 valence electrons. The van der Waals surface area contributed by atoms with Crippen LogP contribution in [-0.2, 0) is 4.79 Å². The van der Waals surface area contributed by atoms with E-state index >= 15 is 0 Å². The number of hydrogen-bond donors (Lipinski definition) is 2. The number of nitrogens with one attached hydrogen (secondary N) is 1. The number of amides is 1. The van der Waals surface area contributed by atoms with Crippen molar-refractivity contribution in [3.63, 3.8) is 0 Å². The van der Waals surface area contributed by atoms with Gasteiger partial charge in [0, 0.05) is 11.3 Å². The number of anilines is 1. The molecule has 0 unspecified atom stereocenters. The van der Waals surface area contributed by atoms with Gasteiger partial charge in [-0.15, -0.1) is 5.10 Å². The number of nitrogens with two attached hydrogens (primary N) is 1. The van der Waals surface area contributed by atoms with Crippen LogP contribution >= 0.6 is 0 Å². The Labute approximate surface area is 151 Å². The zero-order valence-electron chi connectivity index (χ0n) is 14.6. The lowest BCUT2D eigenvalue weighted by Crippen LogP contribution is -2.31. The average molecular weight is 345 g/mol. The molecule has 0 spiro atoms. The predicted molar refractivity (Wildman–Crippen MR) is 100 cm³/mol. The third-order valence-corrected chi connectivity index (χ3v) is 4.51. The quantitative estimate of drug-likeness (QED) is 0.764. The molecule has 6 heteroatoms. The summed E-state index contributed by atoms with van der Waals surface area (Å²) < 4.78 is 1.74. The van der Waals surface area contributed by atoms with Crippen molar-refractivity contribution in [3.05, 3.63) is 77.0 Å². The van der Waals surface area contributed by atoms with Crippen molar-refractivity contribution in [2.75, 3.05) is 5.32 Å². The molecule has 0 fully saturated rings. The smallest absolute Gasteiger partial charge is 0.248 e. The molecule has 0 saturated heterocycles. The second-order valence-corrected chi connectivity index (χ2v) is 6.41. The Bertz CT molecular complexity index is 1020. The SMILES string of the molecule is CC1=C(C(N)=O)[C@@H](c2ccccc2)n2nc(-c3cccc(C)c3)nc2N1. The Kier molecular flexibility index (Phi) is 3.80. The largest absolute Gasteiger partial charge is 0.366 e. The van der Waals surface area contributed by atoms with Crippen LogP contribution in [0.1, 0.15) is 24.1 Å². The van der Waals surface area contributed by atoms with E-state index in [-0.39, 0.29) is 0 Å². The summed E-state index contributed by atoms with van der Waals surface area (Å²) in [7, 11) is 0. The standard InChI is InChI=1S/C20H19N5O/c1-12-7-6-10-15(11-12)19-23-20-22-13(2)16(18(21)26)17(25(20)24-19)14-8-4-3-5-9-14/h3-11,17H,1-2H3,(H2,21,26)(H,22,23,24)/t17-/m1/s1. The molecular weight excluding hydrogens is 326 g/mol. The topological polar surface area (TPSA) is 85.8 Å². The minimum absolute atomic E-state index is 0.406. The molecule has 0 bridgehead atoms. The van der Waals surface area contributed by atoms with Crippen molar-refractivity contribution in [1.29, 1.82) is 0 Å². The van der Waals surface area contributed by atoms with Gasteiger partial charge in [0.05, 0.1) is 5.57 Å². The van der Waals surface area contributed by atoms with Gasteiger partial charge < -0.3 is 11.1 Å². The third kappa shape index (κ3) is 2.65. The van der Waals surface area contributed by atoms with Crippen LogP contribution in [0.2, 0.25) is 0 Å². The highest BCUT2D eigenvalue weighted by molar-refractivity contribution is 5.95. The van der Waals surface area contributed by atoms with Crippen LogP contribution in [0.5, 0.6) is 0 Å². The monoisotopic (exact) mass is 345 g/mol. The molecule has 26 heavy (non-hydrogen) atoms. The van der Waals surface area contributed by atoms with Crippen molar-refractivity contribution in [2.24, 2.45) is 5.73 Å². The number of nitrogens with zero attached hydrogens (tertiary/aromatic N) is 3. The predicted octanol–water partition coefficient (Wildman–Crippen LogP) is 3.03. The molecule has 3 aromatic rings. The highest BCUT2D eigenvalue weighted by atomic mass is 16.1. The molecule has 1 aliphatic rings. The molecule has 1 aromatic heterocycles. The second-order valence-electron chi connectivity index (χ2n) is 6.41. The summed E-state index contributed by atoms with van der Waals surface area (Å²) in [5, 5.41) is 7.85. The molecule has 2 aromatic carbocycles. The molecule has 6 nitrogen and oxygen atoms in total. The summed E-state index contributed by atoms with van der Waals surface area (Å²) >= 11 is 0. The molecule has 3 N–H and O–H groups in total. The summed E-state index contributed by atoms with van der Waals surface area (Å²) in [4.78, 5) is 16.8. The van der Waals surface area contributed by atoms with Crippen LogP contribution in [0.15, 0.2) is 65.9 Å². The number of benzene rings is 2. The van der Waals surface area contributed by atoms with Gasteiger partial charge in [0.15, 0.2) is 5.82 Å². The van der Waals surface area contributed by atoms with Crippen LogP contribution in [0, 0.1) is 6.92 Å². The third-order valence-electron chi connectivity index (χ3n) is 4.51. The Morgan fingerprint density at radius 3 is 2.58 bits per heavy atom. The molecule has 1 atom stereocenters. The Hall–Kier alpha value is -3.41. The zero-order chi connectivity index (χ0) is 18.3. The number of primary amides is 1. The molecule has 1 amide bonds. The summed E-state index contributed by atoms with van der Waals surface area (Å²) in [5.74, 6) is 0.732. The number of fused-ring (bicyclic) bond motifs is 1. The first-order valence-corrected chi connectivity index (χ1v) is 8.40. The zero-order valence-corrected chi connectivity index (χ0v) is 14.6. The first-order chi connectivity index (χ1) is 12.5. The van der Waals surface area contributed by atoms with Gasteiger partial charge in [0.1, 0.15) is 6.04 Å². The van der Waals surface area contributed by atoms with Crippen molar-refractivity contribution >= 4 is 11.9 Å². The first kappa shape index (κ1) is 16.1. The summed E-state index contributed by atoms with van der Waals surface area (Å²) in [6.45, 7) is 3.86. The van der Waals surface area contributed by atoms with Gasteiger partial charge in [-0.1, -0.05) is 54.1 Å². The van der Waals surface area contributed by atoms with Gasteiger partial charge in [0.2, 0.25) is 11.9 Å². The number of aromatic nitrogens is 3. The van der Waals surface area contributed by atoms with E-state index in [4.69, 9.17) is 5.73 Å². The van der Waals surface area contributed by atoms with Crippen LogP contribution in [0.3, 0.4) is 0 Å². The molecule has 4 rings (SSSR count). The van der Waals surface area contributed by atoms with Crippen molar-refractivity contribution in [3.8, 4) is 11.4 Å². The van der Waals surface area contributed by atoms with Gasteiger partial charge in [-0.3, -0.25) is 4.79 Å². The Morgan fingerprint density at radius 2 is 1.88 bits per heavy atom. The molecule has 0 radical (unpaired) electrons. The fourth-order valence-electron chi connectivity index (χ4n) is 3.32. The van der Waals surface area contributed by atoms with Crippen LogP contribution in [-0.4, -0.2) is 20.7 Å².